The van der Waals surface area contributed by atoms with E-state index in [2.05, 4.69) is 0 Å². The second-order valence-corrected chi connectivity index (χ2v) is 4.94. The van der Waals surface area contributed by atoms with Gasteiger partial charge < -0.3 is 5.11 Å². The molecule has 15 heavy (non-hydrogen) atoms. The molecule has 0 heterocycles. The molecular formula is C13H22O2. The molecule has 86 valence electrons. The Kier molecular flexibility index (Phi) is 4.09. The quantitative estimate of drug-likeness (QED) is 0.761. The first-order valence-electron chi connectivity index (χ1n) is 5.92. The first kappa shape index (κ1) is 12.4. The fourth-order valence-electron chi connectivity index (χ4n) is 1.90. The summed E-state index contributed by atoms with van der Waals surface area (Å²) in [7, 11) is 0. The Bertz CT molecular complexity index is 262. The normalized spacial score (nSPS) is 26.5. The molecule has 0 saturated carbocycles. The third-order valence-corrected chi connectivity index (χ3v) is 3.43. The van der Waals surface area contributed by atoms with Gasteiger partial charge in [0.25, 0.3) is 0 Å². The summed E-state index contributed by atoms with van der Waals surface area (Å²) in [4.78, 5) is 11.9. The summed E-state index contributed by atoms with van der Waals surface area (Å²) in [6, 6.07) is 0. The van der Waals surface area contributed by atoms with Crippen LogP contribution in [0.25, 0.3) is 0 Å². The van der Waals surface area contributed by atoms with E-state index in [9.17, 15) is 9.90 Å². The van der Waals surface area contributed by atoms with Gasteiger partial charge >= 0.3 is 0 Å². The number of ketones is 1. The molecule has 0 aliphatic heterocycles. The van der Waals surface area contributed by atoms with E-state index >= 15 is 0 Å². The molecule has 1 N–H and O–H groups in total. The number of carbonyl (C=O) groups is 1. The molecule has 0 saturated heterocycles. The average Bonchev–Trinajstić information content (AvgIpc) is 2.11. The highest BCUT2D eigenvalue weighted by Crippen LogP contribution is 2.29. The molecule has 0 bridgehead atoms. The Balaban J connectivity index is 2.92. The van der Waals surface area contributed by atoms with Gasteiger partial charge in [-0.05, 0) is 32.1 Å². The highest BCUT2D eigenvalue weighted by Gasteiger charge is 2.33. The van der Waals surface area contributed by atoms with Crippen LogP contribution in [0.3, 0.4) is 0 Å². The number of hydrogen-bond donors (Lipinski definition) is 1. The van der Waals surface area contributed by atoms with Crippen molar-refractivity contribution in [2.24, 2.45) is 5.92 Å². The number of Topliss-reactive ketones (excluding diaryl/α,β-unsaturated/α-hetero) is 1. The van der Waals surface area contributed by atoms with Crippen LogP contribution in [0.4, 0.5) is 0 Å². The van der Waals surface area contributed by atoms with Crippen LogP contribution in [0.1, 0.15) is 52.9 Å². The Morgan fingerprint density at radius 2 is 2.00 bits per heavy atom. The zero-order valence-corrected chi connectivity index (χ0v) is 10.0. The third kappa shape index (κ3) is 2.91. The first-order chi connectivity index (χ1) is 6.96. The van der Waals surface area contributed by atoms with Gasteiger partial charge in [-0.3, -0.25) is 4.79 Å². The Hall–Kier alpha value is -0.630. The Labute approximate surface area is 92.4 Å². The maximum Gasteiger partial charge on any atom is 0.161 e. The molecule has 0 aromatic rings. The molecule has 0 spiro atoms. The Morgan fingerprint density at radius 1 is 1.33 bits per heavy atom. The van der Waals surface area contributed by atoms with E-state index in [0.717, 1.165) is 25.7 Å². The number of carbonyl (C=O) groups excluding carboxylic acids is 1. The maximum absolute atomic E-state index is 11.9. The van der Waals surface area contributed by atoms with E-state index in [1.54, 1.807) is 6.92 Å². The van der Waals surface area contributed by atoms with Crippen LogP contribution in [0.5, 0.6) is 0 Å². The second-order valence-electron chi connectivity index (χ2n) is 4.94. The standard InChI is InChI=1S/C13H22O2/c1-10(2)13(3,15)11-8-6-4-5-7-9-12(11)14/h8,10,15H,4-7,9H2,1-3H3/b11-8+. The molecule has 0 fully saturated rings. The number of rotatable bonds is 2. The fraction of sp³-hybridized carbons (Fsp3) is 0.769. The molecule has 1 rings (SSSR count). The maximum atomic E-state index is 11.9. The minimum Gasteiger partial charge on any atom is -0.385 e. The summed E-state index contributed by atoms with van der Waals surface area (Å²) in [5.41, 5.74) is -0.328. The third-order valence-electron chi connectivity index (χ3n) is 3.43. The summed E-state index contributed by atoms with van der Waals surface area (Å²) >= 11 is 0. The highest BCUT2D eigenvalue weighted by molar-refractivity contribution is 5.97. The van der Waals surface area contributed by atoms with Crippen molar-refractivity contribution >= 4 is 5.78 Å². The van der Waals surface area contributed by atoms with Crippen molar-refractivity contribution in [2.45, 2.75) is 58.5 Å². The zero-order valence-electron chi connectivity index (χ0n) is 10.0. The van der Waals surface area contributed by atoms with Crippen LogP contribution < -0.4 is 0 Å². The lowest BCUT2D eigenvalue weighted by molar-refractivity contribution is -0.118. The largest absolute Gasteiger partial charge is 0.385 e. The fourth-order valence-corrected chi connectivity index (χ4v) is 1.90. The molecule has 2 nitrogen and oxygen atoms in total. The van der Waals surface area contributed by atoms with Crippen molar-refractivity contribution in [3.8, 4) is 0 Å². The summed E-state index contributed by atoms with van der Waals surface area (Å²) in [6.07, 6.45) is 6.68. The van der Waals surface area contributed by atoms with Crippen LogP contribution >= 0.6 is 0 Å². The molecular weight excluding hydrogens is 188 g/mol. The van der Waals surface area contributed by atoms with Crippen molar-refractivity contribution in [3.63, 3.8) is 0 Å². The van der Waals surface area contributed by atoms with Gasteiger partial charge in [-0.1, -0.05) is 26.3 Å². The van der Waals surface area contributed by atoms with Gasteiger partial charge in [-0.15, -0.1) is 0 Å². The summed E-state index contributed by atoms with van der Waals surface area (Å²) in [5.74, 6) is 0.209. The lowest BCUT2D eigenvalue weighted by atomic mass is 9.80. The van der Waals surface area contributed by atoms with E-state index in [1.807, 2.05) is 19.9 Å². The van der Waals surface area contributed by atoms with E-state index in [4.69, 9.17) is 0 Å². The minimum absolute atomic E-state index is 0.0760. The van der Waals surface area contributed by atoms with Gasteiger partial charge in [-0.25, -0.2) is 0 Å². The monoisotopic (exact) mass is 210 g/mol. The predicted molar refractivity (Wildman–Crippen MR) is 61.6 cm³/mol. The van der Waals surface area contributed by atoms with Crippen molar-refractivity contribution in [3.05, 3.63) is 11.6 Å². The number of allylic oxidation sites excluding steroid dienone is 1. The molecule has 1 aliphatic carbocycles. The second kappa shape index (κ2) is 4.93. The van der Waals surface area contributed by atoms with E-state index < -0.39 is 5.60 Å². The van der Waals surface area contributed by atoms with Gasteiger partial charge in [0.2, 0.25) is 0 Å². The van der Waals surface area contributed by atoms with Gasteiger partial charge in [0.1, 0.15) is 0 Å². The van der Waals surface area contributed by atoms with Crippen LogP contribution in [-0.2, 0) is 4.79 Å². The van der Waals surface area contributed by atoms with E-state index in [0.29, 0.717) is 12.0 Å². The summed E-state index contributed by atoms with van der Waals surface area (Å²) < 4.78 is 0. The topological polar surface area (TPSA) is 37.3 Å². The van der Waals surface area contributed by atoms with Crippen LogP contribution in [0.2, 0.25) is 0 Å². The predicted octanol–water partition coefficient (Wildman–Crippen LogP) is 2.85. The number of hydrogen-bond acceptors (Lipinski definition) is 2. The lowest BCUT2D eigenvalue weighted by Crippen LogP contribution is -2.37. The molecule has 1 aliphatic rings. The number of aliphatic hydroxyl groups is 1. The van der Waals surface area contributed by atoms with Crippen molar-refractivity contribution in [1.29, 1.82) is 0 Å². The van der Waals surface area contributed by atoms with Crippen LogP contribution in [-0.4, -0.2) is 16.5 Å². The molecule has 0 aromatic heterocycles. The highest BCUT2D eigenvalue weighted by atomic mass is 16.3. The summed E-state index contributed by atoms with van der Waals surface area (Å²) in [6.45, 7) is 5.66. The van der Waals surface area contributed by atoms with Gasteiger partial charge in [0.05, 0.1) is 5.60 Å². The molecule has 0 radical (unpaired) electrons. The SMILES string of the molecule is CC(C)C(C)(O)/C1=C/CCCCCC1=O. The van der Waals surface area contributed by atoms with Crippen molar-refractivity contribution in [1.82, 2.24) is 0 Å². The zero-order chi connectivity index (χ0) is 11.5. The van der Waals surface area contributed by atoms with Gasteiger partial charge in [0.15, 0.2) is 5.78 Å². The van der Waals surface area contributed by atoms with Crippen molar-refractivity contribution in [2.75, 3.05) is 0 Å². The minimum atomic E-state index is -0.964. The molecule has 1 atom stereocenters. The smallest absolute Gasteiger partial charge is 0.161 e. The molecule has 0 aromatic carbocycles. The Morgan fingerprint density at radius 3 is 2.60 bits per heavy atom. The molecule has 2 heteroatoms. The molecule has 0 amide bonds. The summed E-state index contributed by atoms with van der Waals surface area (Å²) in [5, 5.41) is 10.3. The van der Waals surface area contributed by atoms with Crippen LogP contribution in [0.15, 0.2) is 11.6 Å². The van der Waals surface area contributed by atoms with E-state index in [1.165, 1.54) is 0 Å². The van der Waals surface area contributed by atoms with Crippen molar-refractivity contribution < 1.29 is 9.90 Å². The van der Waals surface area contributed by atoms with E-state index in [-0.39, 0.29) is 11.7 Å². The average molecular weight is 210 g/mol. The van der Waals surface area contributed by atoms with Gasteiger partial charge in [0, 0.05) is 12.0 Å². The van der Waals surface area contributed by atoms with Gasteiger partial charge in [-0.2, -0.15) is 0 Å². The first-order valence-corrected chi connectivity index (χ1v) is 5.92. The van der Waals surface area contributed by atoms with Crippen LogP contribution in [0, 0.1) is 5.92 Å². The molecule has 1 unspecified atom stereocenters. The lowest BCUT2D eigenvalue weighted by Gasteiger charge is -2.30.